The molecule has 0 saturated heterocycles. The van der Waals surface area contributed by atoms with Crippen LogP contribution >= 0.6 is 0 Å². The van der Waals surface area contributed by atoms with Gasteiger partial charge in [-0.15, -0.1) is 0 Å². The number of para-hydroxylation sites is 1. The molecular formula is C20H18F3N5O2. The zero-order valence-corrected chi connectivity index (χ0v) is 15.8. The van der Waals surface area contributed by atoms with Crippen LogP contribution in [0.2, 0.25) is 0 Å². The lowest BCUT2D eigenvalue weighted by Gasteiger charge is -2.14. The number of rotatable bonds is 5. The lowest BCUT2D eigenvalue weighted by molar-refractivity contribution is -0.138. The van der Waals surface area contributed by atoms with E-state index in [9.17, 15) is 22.8 Å². The van der Waals surface area contributed by atoms with Crippen LogP contribution in [0.1, 0.15) is 21.6 Å². The molecule has 2 aromatic carbocycles. The third kappa shape index (κ3) is 4.77. The minimum atomic E-state index is -4.52. The molecule has 3 rings (SSSR count). The van der Waals surface area contributed by atoms with E-state index in [1.54, 1.807) is 30.3 Å². The van der Waals surface area contributed by atoms with Crippen molar-refractivity contribution in [3.63, 3.8) is 0 Å². The Labute approximate surface area is 169 Å². The first-order valence-electron chi connectivity index (χ1n) is 8.87. The molecule has 3 aromatic rings. The Kier molecular flexibility index (Phi) is 6.05. The van der Waals surface area contributed by atoms with Crippen LogP contribution in [0.4, 0.5) is 23.8 Å². The van der Waals surface area contributed by atoms with Crippen molar-refractivity contribution in [2.45, 2.75) is 12.7 Å². The number of halogens is 3. The summed E-state index contributed by atoms with van der Waals surface area (Å²) in [6.45, 7) is -0.330. The van der Waals surface area contributed by atoms with E-state index in [-0.39, 0.29) is 23.6 Å². The zero-order chi connectivity index (χ0) is 21.7. The van der Waals surface area contributed by atoms with Crippen molar-refractivity contribution in [1.82, 2.24) is 20.4 Å². The Morgan fingerprint density at radius 3 is 2.37 bits per heavy atom. The maximum atomic E-state index is 13.1. The number of urea groups is 1. The van der Waals surface area contributed by atoms with Gasteiger partial charge in [0.05, 0.1) is 11.3 Å². The standard InChI is InChI=1S/C20H18F3N5O2/c1-24-18(29)16-11-17(28(27-16)14-8-3-2-4-9-14)26-19(30)25-12-13-7-5-6-10-15(13)20(21,22)23/h2-11H,12H2,1H3,(H,24,29)(H2,25,26,30). The first-order chi connectivity index (χ1) is 14.3. The van der Waals surface area contributed by atoms with E-state index in [1.807, 2.05) is 0 Å². The molecule has 0 fully saturated rings. The zero-order valence-electron chi connectivity index (χ0n) is 15.8. The van der Waals surface area contributed by atoms with Gasteiger partial charge in [0.1, 0.15) is 5.82 Å². The monoisotopic (exact) mass is 417 g/mol. The smallest absolute Gasteiger partial charge is 0.354 e. The highest BCUT2D eigenvalue weighted by atomic mass is 19.4. The van der Waals surface area contributed by atoms with Crippen molar-refractivity contribution in [3.05, 3.63) is 77.5 Å². The van der Waals surface area contributed by atoms with E-state index in [0.29, 0.717) is 5.69 Å². The molecule has 7 nitrogen and oxygen atoms in total. The molecule has 0 bridgehead atoms. The molecule has 0 unspecified atom stereocenters. The largest absolute Gasteiger partial charge is 0.416 e. The molecule has 1 aromatic heterocycles. The van der Waals surface area contributed by atoms with E-state index in [1.165, 1.54) is 36.0 Å². The van der Waals surface area contributed by atoms with Crippen LogP contribution in [-0.4, -0.2) is 28.8 Å². The molecule has 3 amide bonds. The van der Waals surface area contributed by atoms with Crippen LogP contribution in [0.5, 0.6) is 0 Å². The second-order valence-electron chi connectivity index (χ2n) is 6.20. The summed E-state index contributed by atoms with van der Waals surface area (Å²) in [5.41, 5.74) is -0.228. The fraction of sp³-hybridized carbons (Fsp3) is 0.150. The minimum absolute atomic E-state index is 0.0669. The third-order valence-electron chi connectivity index (χ3n) is 4.17. The number of anilines is 1. The van der Waals surface area contributed by atoms with Gasteiger partial charge in [-0.25, -0.2) is 9.48 Å². The Hall–Kier alpha value is -3.82. The highest BCUT2D eigenvalue weighted by molar-refractivity contribution is 5.95. The Balaban J connectivity index is 1.79. The fourth-order valence-electron chi connectivity index (χ4n) is 2.76. The van der Waals surface area contributed by atoms with E-state index in [4.69, 9.17) is 0 Å². The van der Waals surface area contributed by atoms with Gasteiger partial charge in [0, 0.05) is 19.7 Å². The van der Waals surface area contributed by atoms with Gasteiger partial charge >= 0.3 is 12.2 Å². The number of hydrogen-bond donors (Lipinski definition) is 3. The molecule has 156 valence electrons. The summed E-state index contributed by atoms with van der Waals surface area (Å²) in [4.78, 5) is 24.3. The first-order valence-corrected chi connectivity index (χ1v) is 8.87. The van der Waals surface area contributed by atoms with Gasteiger partial charge in [-0.3, -0.25) is 10.1 Å². The Bertz CT molecular complexity index is 1050. The van der Waals surface area contributed by atoms with E-state index in [2.05, 4.69) is 21.0 Å². The van der Waals surface area contributed by atoms with Crippen molar-refractivity contribution >= 4 is 17.8 Å². The second kappa shape index (κ2) is 8.68. The van der Waals surface area contributed by atoms with Gasteiger partial charge in [-0.1, -0.05) is 36.4 Å². The molecule has 0 atom stereocenters. The molecule has 0 aliphatic rings. The average molecular weight is 417 g/mol. The van der Waals surface area contributed by atoms with Crippen LogP contribution in [0.25, 0.3) is 5.69 Å². The molecule has 0 spiro atoms. The lowest BCUT2D eigenvalue weighted by atomic mass is 10.1. The summed E-state index contributed by atoms with van der Waals surface area (Å²) in [7, 11) is 1.45. The number of carbonyl (C=O) groups is 2. The SMILES string of the molecule is CNC(=O)c1cc(NC(=O)NCc2ccccc2C(F)(F)F)n(-c2ccccc2)n1. The van der Waals surface area contributed by atoms with Crippen molar-refractivity contribution in [3.8, 4) is 5.69 Å². The van der Waals surface area contributed by atoms with E-state index in [0.717, 1.165) is 6.07 Å². The van der Waals surface area contributed by atoms with Crippen LogP contribution in [0, 0.1) is 0 Å². The maximum Gasteiger partial charge on any atom is 0.416 e. The summed E-state index contributed by atoms with van der Waals surface area (Å²) >= 11 is 0. The number of carbonyl (C=O) groups excluding carboxylic acids is 2. The second-order valence-corrected chi connectivity index (χ2v) is 6.20. The quantitative estimate of drug-likeness (QED) is 0.593. The number of hydrogen-bond acceptors (Lipinski definition) is 3. The van der Waals surface area contributed by atoms with Crippen LogP contribution in [-0.2, 0) is 12.7 Å². The highest BCUT2D eigenvalue weighted by Gasteiger charge is 2.32. The molecule has 30 heavy (non-hydrogen) atoms. The minimum Gasteiger partial charge on any atom is -0.354 e. The van der Waals surface area contributed by atoms with Gasteiger partial charge in [-0.05, 0) is 23.8 Å². The molecule has 0 saturated carbocycles. The molecule has 0 aliphatic heterocycles. The van der Waals surface area contributed by atoms with Crippen molar-refractivity contribution < 1.29 is 22.8 Å². The van der Waals surface area contributed by atoms with Crippen molar-refractivity contribution in [2.24, 2.45) is 0 Å². The predicted octanol–water partition coefficient (Wildman–Crippen LogP) is 3.57. The Morgan fingerprint density at radius 2 is 1.70 bits per heavy atom. The summed E-state index contributed by atoms with van der Waals surface area (Å²) in [5.74, 6) is -0.270. The first kappa shape index (κ1) is 20.9. The molecule has 1 heterocycles. The predicted molar refractivity (Wildman–Crippen MR) is 104 cm³/mol. The topological polar surface area (TPSA) is 88.0 Å². The van der Waals surface area contributed by atoms with Gasteiger partial charge in [0.2, 0.25) is 0 Å². The van der Waals surface area contributed by atoms with Crippen LogP contribution in [0.15, 0.2) is 60.7 Å². The van der Waals surface area contributed by atoms with Gasteiger partial charge in [0.15, 0.2) is 5.69 Å². The maximum absolute atomic E-state index is 13.1. The molecule has 0 aliphatic carbocycles. The highest BCUT2D eigenvalue weighted by Crippen LogP contribution is 2.31. The third-order valence-corrected chi connectivity index (χ3v) is 4.17. The van der Waals surface area contributed by atoms with Crippen LogP contribution < -0.4 is 16.0 Å². The summed E-state index contributed by atoms with van der Waals surface area (Å²) in [6.07, 6.45) is -4.52. The van der Waals surface area contributed by atoms with Crippen molar-refractivity contribution in [1.29, 1.82) is 0 Å². The van der Waals surface area contributed by atoms with Gasteiger partial charge in [0.25, 0.3) is 5.91 Å². The number of alkyl halides is 3. The van der Waals surface area contributed by atoms with Crippen LogP contribution in [0.3, 0.4) is 0 Å². The number of amides is 3. The van der Waals surface area contributed by atoms with Gasteiger partial charge in [-0.2, -0.15) is 18.3 Å². The Morgan fingerprint density at radius 1 is 1.03 bits per heavy atom. The lowest BCUT2D eigenvalue weighted by Crippen LogP contribution is -2.30. The number of benzene rings is 2. The normalized spacial score (nSPS) is 11.1. The van der Waals surface area contributed by atoms with Gasteiger partial charge < -0.3 is 10.6 Å². The molecule has 10 heteroatoms. The van der Waals surface area contributed by atoms with E-state index < -0.39 is 23.7 Å². The summed E-state index contributed by atoms with van der Waals surface area (Å²) < 4.78 is 40.6. The fourth-order valence-corrected chi connectivity index (χ4v) is 2.76. The number of nitrogens with zero attached hydrogens (tertiary/aromatic N) is 2. The molecular weight excluding hydrogens is 399 g/mol. The molecule has 3 N–H and O–H groups in total. The summed E-state index contributed by atoms with van der Waals surface area (Å²) in [5, 5.41) is 11.6. The molecule has 0 radical (unpaired) electrons. The number of aromatic nitrogens is 2. The van der Waals surface area contributed by atoms with E-state index >= 15 is 0 Å². The van der Waals surface area contributed by atoms with Crippen molar-refractivity contribution in [2.75, 3.05) is 12.4 Å². The summed E-state index contributed by atoms with van der Waals surface area (Å²) in [6, 6.07) is 14.4. The number of nitrogens with one attached hydrogen (secondary N) is 3. The average Bonchev–Trinajstić information content (AvgIpc) is 3.15.